The first kappa shape index (κ1) is 12.3. The van der Waals surface area contributed by atoms with Gasteiger partial charge in [-0.1, -0.05) is 0 Å². The minimum Gasteiger partial charge on any atom is -0.359 e. The maximum atomic E-state index is 7.38. The van der Waals surface area contributed by atoms with Crippen molar-refractivity contribution in [2.75, 3.05) is 11.9 Å². The Balaban J connectivity index is 2.21. The second kappa shape index (κ2) is 5.42. The lowest BCUT2D eigenvalue weighted by Gasteiger charge is -2.24. The van der Waals surface area contributed by atoms with Gasteiger partial charge >= 0.3 is 0 Å². The summed E-state index contributed by atoms with van der Waals surface area (Å²) in [6.07, 6.45) is 4.36. The molecule has 1 aromatic rings. The lowest BCUT2D eigenvalue weighted by molar-refractivity contribution is 0.0341. The zero-order valence-electron chi connectivity index (χ0n) is 9.66. The molecule has 2 N–H and O–H groups in total. The van der Waals surface area contributed by atoms with Crippen LogP contribution in [-0.4, -0.2) is 29.0 Å². The normalized spacial score (nSPS) is 20.0. The Hall–Kier alpha value is -1.20. The summed E-state index contributed by atoms with van der Waals surface area (Å²) >= 11 is 5.82. The molecule has 5 nitrogen and oxygen atoms in total. The summed E-state index contributed by atoms with van der Waals surface area (Å²) < 4.78 is 5.57. The van der Waals surface area contributed by atoms with E-state index in [1.807, 2.05) is 0 Å². The SMILES string of the molecule is Cc1nc(Cl)nc(NC2CCCCO2)c1C=N. The number of hydrogen-bond donors (Lipinski definition) is 2. The van der Waals surface area contributed by atoms with E-state index in [4.69, 9.17) is 21.7 Å². The minimum atomic E-state index is -0.0483. The topological polar surface area (TPSA) is 70.9 Å². The highest BCUT2D eigenvalue weighted by atomic mass is 35.5. The summed E-state index contributed by atoms with van der Waals surface area (Å²) in [6, 6.07) is 0. The molecule has 1 aliphatic heterocycles. The van der Waals surface area contributed by atoms with Crippen LogP contribution in [0.1, 0.15) is 30.5 Å². The van der Waals surface area contributed by atoms with E-state index < -0.39 is 0 Å². The maximum Gasteiger partial charge on any atom is 0.224 e. The maximum absolute atomic E-state index is 7.38. The van der Waals surface area contributed by atoms with Crippen LogP contribution in [-0.2, 0) is 4.74 Å². The Kier molecular flexibility index (Phi) is 3.91. The van der Waals surface area contributed by atoms with Crippen molar-refractivity contribution < 1.29 is 4.74 Å². The van der Waals surface area contributed by atoms with Crippen LogP contribution in [0.2, 0.25) is 5.28 Å². The third-order valence-corrected chi connectivity index (χ3v) is 2.90. The van der Waals surface area contributed by atoms with Crippen molar-refractivity contribution in [3.05, 3.63) is 16.5 Å². The number of aromatic nitrogens is 2. The van der Waals surface area contributed by atoms with Crippen LogP contribution >= 0.6 is 11.6 Å². The highest BCUT2D eigenvalue weighted by Crippen LogP contribution is 2.20. The van der Waals surface area contributed by atoms with Crippen LogP contribution in [0.15, 0.2) is 0 Å². The number of anilines is 1. The fraction of sp³-hybridized carbons (Fsp3) is 0.545. The molecule has 2 rings (SSSR count). The van der Waals surface area contributed by atoms with Crippen molar-refractivity contribution in [1.29, 1.82) is 5.41 Å². The fourth-order valence-corrected chi connectivity index (χ4v) is 2.05. The molecule has 1 unspecified atom stereocenters. The molecular weight excluding hydrogens is 240 g/mol. The monoisotopic (exact) mass is 254 g/mol. The van der Waals surface area contributed by atoms with Crippen molar-refractivity contribution in [2.45, 2.75) is 32.4 Å². The Bertz CT molecular complexity index is 418. The largest absolute Gasteiger partial charge is 0.359 e. The minimum absolute atomic E-state index is 0.0483. The highest BCUT2D eigenvalue weighted by molar-refractivity contribution is 6.28. The number of aryl methyl sites for hydroxylation is 1. The molecule has 17 heavy (non-hydrogen) atoms. The highest BCUT2D eigenvalue weighted by Gasteiger charge is 2.17. The van der Waals surface area contributed by atoms with E-state index in [0.717, 1.165) is 25.9 Å². The Morgan fingerprint density at radius 2 is 2.29 bits per heavy atom. The molecule has 0 amide bonds. The van der Waals surface area contributed by atoms with Gasteiger partial charge in [-0.15, -0.1) is 0 Å². The molecule has 0 spiro atoms. The Morgan fingerprint density at radius 1 is 1.47 bits per heavy atom. The van der Waals surface area contributed by atoms with Gasteiger partial charge in [0.15, 0.2) is 0 Å². The predicted octanol–water partition coefficient (Wildman–Crippen LogP) is 2.37. The van der Waals surface area contributed by atoms with Gasteiger partial charge in [0.05, 0.1) is 11.3 Å². The third kappa shape index (κ3) is 2.92. The van der Waals surface area contributed by atoms with E-state index in [1.54, 1.807) is 6.92 Å². The molecule has 1 atom stereocenters. The number of nitrogens with zero attached hydrogens (tertiary/aromatic N) is 2. The predicted molar refractivity (Wildman–Crippen MR) is 66.9 cm³/mol. The van der Waals surface area contributed by atoms with Crippen molar-refractivity contribution in [1.82, 2.24) is 9.97 Å². The summed E-state index contributed by atoms with van der Waals surface area (Å²) in [6.45, 7) is 2.57. The van der Waals surface area contributed by atoms with Crippen molar-refractivity contribution in [3.8, 4) is 0 Å². The lowest BCUT2D eigenvalue weighted by atomic mass is 10.2. The average Bonchev–Trinajstić information content (AvgIpc) is 2.30. The molecule has 0 aromatic carbocycles. The molecule has 92 valence electrons. The lowest BCUT2D eigenvalue weighted by Crippen LogP contribution is -2.28. The molecule has 6 heteroatoms. The zero-order valence-corrected chi connectivity index (χ0v) is 10.4. The standard InChI is InChI=1S/C11H15ClN4O/c1-7-8(6-13)10(16-11(12)14-7)15-9-4-2-3-5-17-9/h6,9,13H,2-5H2,1H3,(H,14,15,16). The summed E-state index contributed by atoms with van der Waals surface area (Å²) in [4.78, 5) is 8.13. The first-order valence-electron chi connectivity index (χ1n) is 5.63. The molecule has 1 saturated heterocycles. The van der Waals surface area contributed by atoms with Crippen molar-refractivity contribution >= 4 is 23.6 Å². The van der Waals surface area contributed by atoms with E-state index in [1.165, 1.54) is 6.21 Å². The summed E-state index contributed by atoms with van der Waals surface area (Å²) in [5, 5.41) is 10.7. The molecule has 0 bridgehead atoms. The Morgan fingerprint density at radius 3 is 2.94 bits per heavy atom. The van der Waals surface area contributed by atoms with Gasteiger partial charge < -0.3 is 15.5 Å². The summed E-state index contributed by atoms with van der Waals surface area (Å²) in [5.41, 5.74) is 1.35. The van der Waals surface area contributed by atoms with E-state index in [0.29, 0.717) is 17.1 Å². The van der Waals surface area contributed by atoms with Crippen LogP contribution in [0.25, 0.3) is 0 Å². The smallest absolute Gasteiger partial charge is 0.224 e. The Labute approximate surface area is 105 Å². The van der Waals surface area contributed by atoms with Crippen LogP contribution < -0.4 is 5.32 Å². The molecule has 0 saturated carbocycles. The van der Waals surface area contributed by atoms with E-state index in [9.17, 15) is 0 Å². The zero-order chi connectivity index (χ0) is 12.3. The molecule has 2 heterocycles. The number of halogens is 1. The average molecular weight is 255 g/mol. The van der Waals surface area contributed by atoms with E-state index >= 15 is 0 Å². The first-order valence-corrected chi connectivity index (χ1v) is 6.01. The van der Waals surface area contributed by atoms with Gasteiger partial charge in [-0.05, 0) is 37.8 Å². The van der Waals surface area contributed by atoms with Crippen LogP contribution in [0.4, 0.5) is 5.82 Å². The van der Waals surface area contributed by atoms with Gasteiger partial charge in [0, 0.05) is 12.8 Å². The third-order valence-electron chi connectivity index (χ3n) is 2.73. The van der Waals surface area contributed by atoms with E-state index in [-0.39, 0.29) is 11.5 Å². The van der Waals surface area contributed by atoms with Crippen LogP contribution in [0.3, 0.4) is 0 Å². The van der Waals surface area contributed by atoms with Gasteiger partial charge in [0.25, 0.3) is 0 Å². The second-order valence-corrected chi connectivity index (χ2v) is 4.32. The molecule has 1 aliphatic rings. The van der Waals surface area contributed by atoms with Gasteiger partial charge in [-0.3, -0.25) is 0 Å². The number of nitrogens with one attached hydrogen (secondary N) is 2. The van der Waals surface area contributed by atoms with Gasteiger partial charge in [0.1, 0.15) is 12.0 Å². The first-order chi connectivity index (χ1) is 8.20. The molecule has 0 radical (unpaired) electrons. The van der Waals surface area contributed by atoms with Gasteiger partial charge in [-0.25, -0.2) is 9.97 Å². The van der Waals surface area contributed by atoms with Crippen molar-refractivity contribution in [2.24, 2.45) is 0 Å². The van der Waals surface area contributed by atoms with Gasteiger partial charge in [-0.2, -0.15) is 0 Å². The number of hydrogen-bond acceptors (Lipinski definition) is 5. The fourth-order valence-electron chi connectivity index (χ4n) is 1.84. The van der Waals surface area contributed by atoms with Crippen LogP contribution in [0, 0.1) is 12.3 Å². The van der Waals surface area contributed by atoms with E-state index in [2.05, 4.69) is 15.3 Å². The number of rotatable bonds is 3. The number of ether oxygens (including phenoxy) is 1. The molecule has 1 fully saturated rings. The molecule has 1 aromatic heterocycles. The van der Waals surface area contributed by atoms with Crippen molar-refractivity contribution in [3.63, 3.8) is 0 Å². The quantitative estimate of drug-likeness (QED) is 0.642. The van der Waals surface area contributed by atoms with Gasteiger partial charge in [0.2, 0.25) is 5.28 Å². The molecular formula is C11H15ClN4O. The molecule has 0 aliphatic carbocycles. The van der Waals surface area contributed by atoms with Crippen LogP contribution in [0.5, 0.6) is 0 Å². The summed E-state index contributed by atoms with van der Waals surface area (Å²) in [5.74, 6) is 0.574. The second-order valence-electron chi connectivity index (χ2n) is 3.98. The summed E-state index contributed by atoms with van der Waals surface area (Å²) in [7, 11) is 0.